The third kappa shape index (κ3) is 3.41. The molecule has 0 unspecified atom stereocenters. The summed E-state index contributed by atoms with van der Waals surface area (Å²) in [6.45, 7) is 2.94. The zero-order chi connectivity index (χ0) is 17.4. The van der Waals surface area contributed by atoms with Crippen molar-refractivity contribution in [3.05, 3.63) is 20.8 Å². The summed E-state index contributed by atoms with van der Waals surface area (Å²) >= 11 is 3.18. The van der Waals surface area contributed by atoms with E-state index in [0.717, 1.165) is 54.1 Å². The van der Waals surface area contributed by atoms with Crippen molar-refractivity contribution < 1.29 is 9.53 Å². The molecule has 5 nitrogen and oxygen atoms in total. The molecule has 0 saturated carbocycles. The van der Waals surface area contributed by atoms with E-state index >= 15 is 0 Å². The van der Waals surface area contributed by atoms with Gasteiger partial charge < -0.3 is 4.74 Å². The minimum atomic E-state index is 0.0743. The molecule has 0 amide bonds. The minimum Gasteiger partial charge on any atom is -0.376 e. The predicted octanol–water partition coefficient (Wildman–Crippen LogP) is 3.20. The van der Waals surface area contributed by atoms with Crippen molar-refractivity contribution in [3.63, 3.8) is 0 Å². The first-order valence-electron chi connectivity index (χ1n) is 8.92. The molecule has 0 radical (unpaired) electrons. The van der Waals surface area contributed by atoms with Crippen LogP contribution >= 0.6 is 23.1 Å². The fourth-order valence-corrected chi connectivity index (χ4v) is 5.96. The van der Waals surface area contributed by atoms with Crippen LogP contribution in [0.25, 0.3) is 10.2 Å². The molecule has 1 aliphatic heterocycles. The van der Waals surface area contributed by atoms with Crippen LogP contribution in [0, 0.1) is 0 Å². The van der Waals surface area contributed by atoms with Crippen LogP contribution in [-0.2, 0) is 28.9 Å². The van der Waals surface area contributed by atoms with Crippen molar-refractivity contribution in [1.82, 2.24) is 9.55 Å². The molecule has 4 rings (SSSR count). The Morgan fingerprint density at radius 3 is 3.04 bits per heavy atom. The molecule has 2 aromatic rings. The van der Waals surface area contributed by atoms with Crippen molar-refractivity contribution in [3.8, 4) is 0 Å². The van der Waals surface area contributed by atoms with E-state index in [9.17, 15) is 9.59 Å². The first kappa shape index (κ1) is 17.2. The van der Waals surface area contributed by atoms with Gasteiger partial charge in [0.1, 0.15) is 10.6 Å². The molecule has 1 saturated heterocycles. The second kappa shape index (κ2) is 7.21. The molecule has 1 fully saturated rings. The predicted molar refractivity (Wildman–Crippen MR) is 101 cm³/mol. The highest BCUT2D eigenvalue weighted by atomic mass is 32.2. The molecule has 7 heteroatoms. The standard InChI is InChI=1S/C18H22N2O3S2/c1-11(21)7-9-24-18-19-16-15(13-5-2-6-14(13)25-16)17(22)20(18)10-12-4-3-8-23-12/h12H,2-10H2,1H3/t12-/m1/s1. The fraction of sp³-hybridized carbons (Fsp3) is 0.611. The number of hydrogen-bond donors (Lipinski definition) is 0. The van der Waals surface area contributed by atoms with Crippen molar-refractivity contribution in [2.75, 3.05) is 12.4 Å². The molecule has 1 aliphatic carbocycles. The van der Waals surface area contributed by atoms with E-state index in [-0.39, 0.29) is 17.4 Å². The third-order valence-electron chi connectivity index (χ3n) is 4.89. The Hall–Kier alpha value is -1.18. The van der Waals surface area contributed by atoms with Gasteiger partial charge in [-0.3, -0.25) is 14.2 Å². The van der Waals surface area contributed by atoms with Gasteiger partial charge in [0, 0.05) is 23.7 Å². The lowest BCUT2D eigenvalue weighted by Crippen LogP contribution is -2.29. The Morgan fingerprint density at radius 1 is 1.40 bits per heavy atom. The summed E-state index contributed by atoms with van der Waals surface area (Å²) in [4.78, 5) is 31.5. The number of ketones is 1. The first-order valence-corrected chi connectivity index (χ1v) is 10.7. The quantitative estimate of drug-likeness (QED) is 0.571. The Balaban J connectivity index is 1.74. The highest BCUT2D eigenvalue weighted by molar-refractivity contribution is 7.99. The lowest BCUT2D eigenvalue weighted by atomic mass is 10.2. The topological polar surface area (TPSA) is 61.2 Å². The van der Waals surface area contributed by atoms with Crippen LogP contribution in [0.3, 0.4) is 0 Å². The van der Waals surface area contributed by atoms with Crippen molar-refractivity contribution in [1.29, 1.82) is 0 Å². The average Bonchev–Trinajstić information content (AvgIpc) is 3.27. The Bertz CT molecular complexity index is 865. The molecular weight excluding hydrogens is 356 g/mol. The number of Topliss-reactive ketones (excluding diaryl/α,β-unsaturated/α-hetero) is 1. The van der Waals surface area contributed by atoms with Gasteiger partial charge in [0.05, 0.1) is 18.0 Å². The fourth-order valence-electron chi connectivity index (χ4n) is 3.61. The van der Waals surface area contributed by atoms with E-state index in [1.54, 1.807) is 22.8 Å². The summed E-state index contributed by atoms with van der Waals surface area (Å²) in [5.41, 5.74) is 1.30. The van der Waals surface area contributed by atoms with Crippen LogP contribution in [-0.4, -0.2) is 33.8 Å². The molecule has 0 aromatic carbocycles. The summed E-state index contributed by atoms with van der Waals surface area (Å²) in [5, 5.41) is 1.56. The molecule has 3 heterocycles. The number of nitrogens with zero attached hydrogens (tertiary/aromatic N) is 2. The van der Waals surface area contributed by atoms with E-state index < -0.39 is 0 Å². The van der Waals surface area contributed by atoms with Crippen molar-refractivity contribution >= 4 is 39.1 Å². The molecular formula is C18H22N2O3S2. The van der Waals surface area contributed by atoms with Crippen LogP contribution in [0.2, 0.25) is 0 Å². The SMILES string of the molecule is CC(=O)CCSc1nc2sc3c(c2c(=O)n1C[C@H]1CCCO1)CCC3. The van der Waals surface area contributed by atoms with Crippen molar-refractivity contribution in [2.24, 2.45) is 0 Å². The molecule has 2 aromatic heterocycles. The smallest absolute Gasteiger partial charge is 0.263 e. The number of thiophene rings is 1. The van der Waals surface area contributed by atoms with Crippen molar-refractivity contribution in [2.45, 2.75) is 63.3 Å². The van der Waals surface area contributed by atoms with Gasteiger partial charge in [-0.25, -0.2) is 4.98 Å². The lowest BCUT2D eigenvalue weighted by Gasteiger charge is -2.15. The molecule has 1 atom stereocenters. The minimum absolute atomic E-state index is 0.0743. The van der Waals surface area contributed by atoms with Gasteiger partial charge in [0.25, 0.3) is 5.56 Å². The maximum Gasteiger partial charge on any atom is 0.263 e. The van der Waals surface area contributed by atoms with Crippen LogP contribution in [0.15, 0.2) is 9.95 Å². The number of thioether (sulfide) groups is 1. The van der Waals surface area contributed by atoms with E-state index in [4.69, 9.17) is 9.72 Å². The van der Waals surface area contributed by atoms with Gasteiger partial charge in [-0.15, -0.1) is 11.3 Å². The lowest BCUT2D eigenvalue weighted by molar-refractivity contribution is -0.116. The number of rotatable bonds is 6. The number of fused-ring (bicyclic) bond motifs is 3. The van der Waals surface area contributed by atoms with Crippen LogP contribution in [0.1, 0.15) is 43.0 Å². The highest BCUT2D eigenvalue weighted by Gasteiger charge is 2.25. The second-order valence-electron chi connectivity index (χ2n) is 6.78. The van der Waals surface area contributed by atoms with Gasteiger partial charge >= 0.3 is 0 Å². The normalized spacial score (nSPS) is 19.6. The van der Waals surface area contributed by atoms with Gasteiger partial charge in [-0.05, 0) is 44.6 Å². The van der Waals surface area contributed by atoms with E-state index in [1.165, 1.54) is 22.2 Å². The van der Waals surface area contributed by atoms with Gasteiger partial charge in [-0.1, -0.05) is 11.8 Å². The molecule has 134 valence electrons. The third-order valence-corrected chi connectivity index (χ3v) is 7.05. The van der Waals surface area contributed by atoms with Crippen LogP contribution < -0.4 is 5.56 Å². The largest absolute Gasteiger partial charge is 0.376 e. The summed E-state index contributed by atoms with van der Waals surface area (Å²) in [6.07, 6.45) is 5.82. The Morgan fingerprint density at radius 2 is 2.28 bits per heavy atom. The summed E-state index contributed by atoms with van der Waals surface area (Å²) in [5.74, 6) is 0.820. The first-order chi connectivity index (χ1) is 12.1. The van der Waals surface area contributed by atoms with Gasteiger partial charge in [0.15, 0.2) is 5.16 Å². The van der Waals surface area contributed by atoms with E-state index in [1.807, 2.05) is 0 Å². The van der Waals surface area contributed by atoms with E-state index in [0.29, 0.717) is 18.7 Å². The van der Waals surface area contributed by atoms with Gasteiger partial charge in [0.2, 0.25) is 0 Å². The van der Waals surface area contributed by atoms with E-state index in [2.05, 4.69) is 0 Å². The molecule has 0 bridgehead atoms. The molecule has 0 spiro atoms. The zero-order valence-corrected chi connectivity index (χ0v) is 16.0. The number of carbonyl (C=O) groups excluding carboxylic acids is 1. The van der Waals surface area contributed by atoms with Gasteiger partial charge in [-0.2, -0.15) is 0 Å². The second-order valence-corrected chi connectivity index (χ2v) is 8.93. The number of ether oxygens (including phenoxy) is 1. The number of hydrogen-bond acceptors (Lipinski definition) is 6. The number of carbonyl (C=O) groups is 1. The number of aryl methyl sites for hydroxylation is 2. The maximum atomic E-state index is 13.2. The van der Waals surface area contributed by atoms with Crippen LogP contribution in [0.4, 0.5) is 0 Å². The summed E-state index contributed by atoms with van der Waals surface area (Å²) in [7, 11) is 0. The Kier molecular flexibility index (Phi) is 4.97. The summed E-state index contributed by atoms with van der Waals surface area (Å²) in [6, 6.07) is 0. The zero-order valence-electron chi connectivity index (χ0n) is 14.4. The number of aromatic nitrogens is 2. The average molecular weight is 379 g/mol. The highest BCUT2D eigenvalue weighted by Crippen LogP contribution is 2.35. The Labute approximate surface area is 154 Å². The maximum absolute atomic E-state index is 13.2. The summed E-state index contributed by atoms with van der Waals surface area (Å²) < 4.78 is 7.55. The molecule has 25 heavy (non-hydrogen) atoms. The molecule has 2 aliphatic rings. The monoisotopic (exact) mass is 378 g/mol. The van der Waals surface area contributed by atoms with Crippen LogP contribution in [0.5, 0.6) is 0 Å². The molecule has 0 N–H and O–H groups in total.